The van der Waals surface area contributed by atoms with Gasteiger partial charge in [-0.1, -0.05) is 57.0 Å². The van der Waals surface area contributed by atoms with Crippen molar-refractivity contribution in [1.82, 2.24) is 0 Å². The van der Waals surface area contributed by atoms with Crippen molar-refractivity contribution in [1.29, 1.82) is 0 Å². The fourth-order valence-electron chi connectivity index (χ4n) is 2.99. The van der Waals surface area contributed by atoms with Crippen molar-refractivity contribution in [2.75, 3.05) is 6.61 Å². The Morgan fingerprint density at radius 1 is 1.10 bits per heavy atom. The predicted molar refractivity (Wildman–Crippen MR) is 90.8 cm³/mol. The van der Waals surface area contributed by atoms with Gasteiger partial charge in [-0.15, -0.1) is 6.58 Å². The molecule has 0 aliphatic carbocycles. The summed E-state index contributed by atoms with van der Waals surface area (Å²) in [6.45, 7) is 21.4. The molecule has 0 aliphatic rings. The minimum atomic E-state index is -1.43. The SMILES string of the molecule is C=C(C)C[Si](CCCOC(=O)C(=C)C)(C(C)C)C(C)C. The van der Waals surface area contributed by atoms with Crippen LogP contribution < -0.4 is 0 Å². The molecule has 0 aromatic carbocycles. The molecule has 116 valence electrons. The van der Waals surface area contributed by atoms with E-state index in [-0.39, 0.29) is 5.97 Å². The Balaban J connectivity index is 4.62. The number of ether oxygens (including phenoxy) is 1. The second-order valence-electron chi connectivity index (χ2n) is 6.70. The molecule has 0 heterocycles. The number of allylic oxidation sites excluding steroid dienone is 1. The number of rotatable bonds is 9. The lowest BCUT2D eigenvalue weighted by atomic mass is 10.4. The zero-order valence-corrected chi connectivity index (χ0v) is 15.2. The Morgan fingerprint density at radius 2 is 1.60 bits per heavy atom. The molecule has 0 spiro atoms. The first-order chi connectivity index (χ1) is 9.13. The molecular formula is C17H32O2Si. The second kappa shape index (κ2) is 8.45. The van der Waals surface area contributed by atoms with Crippen LogP contribution in [0.2, 0.25) is 23.2 Å². The van der Waals surface area contributed by atoms with Crippen molar-refractivity contribution in [2.24, 2.45) is 0 Å². The molecule has 0 saturated heterocycles. The second-order valence-corrected chi connectivity index (χ2v) is 12.3. The van der Waals surface area contributed by atoms with E-state index in [0.29, 0.717) is 12.2 Å². The van der Waals surface area contributed by atoms with Crippen LogP contribution in [0.25, 0.3) is 0 Å². The summed E-state index contributed by atoms with van der Waals surface area (Å²) in [4.78, 5) is 11.4. The summed E-state index contributed by atoms with van der Waals surface area (Å²) in [6, 6.07) is 2.37. The highest BCUT2D eigenvalue weighted by Gasteiger charge is 2.38. The van der Waals surface area contributed by atoms with Crippen LogP contribution in [-0.4, -0.2) is 20.7 Å². The van der Waals surface area contributed by atoms with Crippen LogP contribution in [0.4, 0.5) is 0 Å². The highest BCUT2D eigenvalue weighted by Crippen LogP contribution is 2.41. The summed E-state index contributed by atoms with van der Waals surface area (Å²) in [5.74, 6) is -0.272. The van der Waals surface area contributed by atoms with Crippen LogP contribution in [0.15, 0.2) is 24.3 Å². The van der Waals surface area contributed by atoms with Crippen LogP contribution in [0.3, 0.4) is 0 Å². The van der Waals surface area contributed by atoms with Crippen molar-refractivity contribution in [3.8, 4) is 0 Å². The van der Waals surface area contributed by atoms with E-state index in [0.717, 1.165) is 17.5 Å². The molecule has 0 rings (SSSR count). The summed E-state index contributed by atoms with van der Waals surface area (Å²) < 4.78 is 5.22. The molecule has 0 unspecified atom stereocenters. The molecule has 0 aliphatic heterocycles. The van der Waals surface area contributed by atoms with Crippen LogP contribution in [0.1, 0.15) is 48.0 Å². The maximum absolute atomic E-state index is 11.4. The third kappa shape index (κ3) is 5.66. The van der Waals surface area contributed by atoms with Gasteiger partial charge >= 0.3 is 5.97 Å². The first-order valence-corrected chi connectivity index (χ1v) is 10.2. The Hall–Kier alpha value is -0.833. The molecule has 0 bridgehead atoms. The van der Waals surface area contributed by atoms with Gasteiger partial charge in [0, 0.05) is 5.57 Å². The fraction of sp³-hybridized carbons (Fsp3) is 0.706. The Kier molecular flexibility index (Phi) is 8.10. The molecule has 0 atom stereocenters. The van der Waals surface area contributed by atoms with E-state index in [2.05, 4.69) is 47.8 Å². The lowest BCUT2D eigenvalue weighted by Crippen LogP contribution is -2.41. The van der Waals surface area contributed by atoms with E-state index < -0.39 is 8.07 Å². The van der Waals surface area contributed by atoms with Gasteiger partial charge in [-0.05, 0) is 26.3 Å². The first-order valence-electron chi connectivity index (χ1n) is 7.60. The van der Waals surface area contributed by atoms with Gasteiger partial charge in [0.1, 0.15) is 0 Å². The fourth-order valence-corrected chi connectivity index (χ4v) is 8.40. The first kappa shape index (κ1) is 19.2. The maximum atomic E-state index is 11.4. The molecule has 3 heteroatoms. The van der Waals surface area contributed by atoms with Crippen LogP contribution in [-0.2, 0) is 9.53 Å². The summed E-state index contributed by atoms with van der Waals surface area (Å²) in [5, 5.41) is 0. The molecule has 0 radical (unpaired) electrons. The van der Waals surface area contributed by atoms with E-state index in [9.17, 15) is 4.79 Å². The summed E-state index contributed by atoms with van der Waals surface area (Å²) in [5.41, 5.74) is 3.20. The number of carbonyl (C=O) groups is 1. The van der Waals surface area contributed by atoms with Gasteiger partial charge in [0.05, 0.1) is 14.7 Å². The molecule has 0 N–H and O–H groups in total. The van der Waals surface area contributed by atoms with E-state index in [1.54, 1.807) is 6.92 Å². The number of carbonyl (C=O) groups excluding carboxylic acids is 1. The standard InChI is InChI=1S/C17H32O2Si/c1-13(2)12-20(15(5)6,16(7)8)11-9-10-19-17(18)14(3)4/h15-16H,1,3,9-12H2,2,4-8H3. The van der Waals surface area contributed by atoms with E-state index in [4.69, 9.17) is 4.74 Å². The van der Waals surface area contributed by atoms with E-state index in [1.165, 1.54) is 17.7 Å². The Bertz CT molecular complexity index is 348. The van der Waals surface area contributed by atoms with Gasteiger partial charge in [0.2, 0.25) is 0 Å². The van der Waals surface area contributed by atoms with Crippen molar-refractivity contribution in [2.45, 2.75) is 71.1 Å². The van der Waals surface area contributed by atoms with E-state index >= 15 is 0 Å². The molecule has 0 amide bonds. The van der Waals surface area contributed by atoms with Gasteiger partial charge in [0.15, 0.2) is 0 Å². The predicted octanol–water partition coefficient (Wildman–Crippen LogP) is 5.34. The van der Waals surface area contributed by atoms with E-state index in [1.807, 2.05) is 0 Å². The Labute approximate surface area is 126 Å². The Morgan fingerprint density at radius 3 is 1.95 bits per heavy atom. The van der Waals surface area contributed by atoms with Crippen LogP contribution >= 0.6 is 0 Å². The molecule has 0 aromatic rings. The lowest BCUT2D eigenvalue weighted by molar-refractivity contribution is -0.138. The quantitative estimate of drug-likeness (QED) is 0.189. The van der Waals surface area contributed by atoms with Gasteiger partial charge in [0.25, 0.3) is 0 Å². The highest BCUT2D eigenvalue weighted by atomic mass is 28.3. The lowest BCUT2D eigenvalue weighted by Gasteiger charge is -2.40. The van der Waals surface area contributed by atoms with Gasteiger partial charge < -0.3 is 4.74 Å². The zero-order chi connectivity index (χ0) is 15.9. The largest absolute Gasteiger partial charge is 0.462 e. The highest BCUT2D eigenvalue weighted by molar-refractivity contribution is 6.82. The van der Waals surface area contributed by atoms with Crippen molar-refractivity contribution >= 4 is 14.0 Å². The minimum Gasteiger partial charge on any atom is -0.462 e. The van der Waals surface area contributed by atoms with Gasteiger partial charge in [-0.25, -0.2) is 4.79 Å². The normalized spacial score (nSPS) is 11.8. The van der Waals surface area contributed by atoms with Crippen molar-refractivity contribution in [3.05, 3.63) is 24.3 Å². The number of hydrogen-bond acceptors (Lipinski definition) is 2. The maximum Gasteiger partial charge on any atom is 0.333 e. The molecule has 0 fully saturated rings. The van der Waals surface area contributed by atoms with Gasteiger partial charge in [-0.3, -0.25) is 0 Å². The molecule has 20 heavy (non-hydrogen) atoms. The summed E-state index contributed by atoms with van der Waals surface area (Å²) in [7, 11) is -1.43. The van der Waals surface area contributed by atoms with Crippen molar-refractivity contribution in [3.63, 3.8) is 0 Å². The molecule has 0 saturated carbocycles. The monoisotopic (exact) mass is 296 g/mol. The smallest absolute Gasteiger partial charge is 0.333 e. The molecule has 2 nitrogen and oxygen atoms in total. The topological polar surface area (TPSA) is 26.3 Å². The average Bonchev–Trinajstić information content (AvgIpc) is 2.31. The number of hydrogen-bond donors (Lipinski definition) is 0. The van der Waals surface area contributed by atoms with Crippen LogP contribution in [0.5, 0.6) is 0 Å². The third-order valence-corrected chi connectivity index (χ3v) is 11.4. The average molecular weight is 297 g/mol. The van der Waals surface area contributed by atoms with Crippen LogP contribution in [0, 0.1) is 0 Å². The van der Waals surface area contributed by atoms with Gasteiger partial charge in [-0.2, -0.15) is 0 Å². The minimum absolute atomic E-state index is 0.272. The third-order valence-electron chi connectivity index (χ3n) is 4.30. The van der Waals surface area contributed by atoms with Crippen molar-refractivity contribution < 1.29 is 9.53 Å². The molecular weight excluding hydrogens is 264 g/mol. The summed E-state index contributed by atoms with van der Waals surface area (Å²) in [6.07, 6.45) is 0.953. The summed E-state index contributed by atoms with van der Waals surface area (Å²) >= 11 is 0. The number of esters is 1. The zero-order valence-electron chi connectivity index (χ0n) is 14.2. The molecule has 0 aromatic heterocycles.